The number of halogens is 4. The number of nitrogens with zero attached hydrogens (tertiary/aromatic N) is 1. The highest BCUT2D eigenvalue weighted by molar-refractivity contribution is 6.42. The first-order chi connectivity index (χ1) is 15.0. The molecule has 4 rings (SSSR count). The van der Waals surface area contributed by atoms with E-state index < -0.39 is 34.7 Å². The van der Waals surface area contributed by atoms with Crippen LogP contribution in [0.15, 0.2) is 24.3 Å². The first-order valence-corrected chi connectivity index (χ1v) is 10.7. The van der Waals surface area contributed by atoms with E-state index in [0.717, 1.165) is 17.1 Å². The number of benzene rings is 2. The zero-order valence-corrected chi connectivity index (χ0v) is 18.7. The van der Waals surface area contributed by atoms with Gasteiger partial charge in [-0.1, -0.05) is 29.6 Å². The minimum absolute atomic E-state index is 0.0471. The Bertz CT molecular complexity index is 1300. The Kier molecular flexibility index (Phi) is 5.46. The average molecular weight is 482 g/mol. The number of rotatable bonds is 4. The van der Waals surface area contributed by atoms with Gasteiger partial charge in [-0.3, -0.25) is 14.2 Å². The molecule has 32 heavy (non-hydrogen) atoms. The number of phenols is 1. The SMILES string of the molecule is Cc1c([C@](C)(C(=O)O)C2CCC2)c2c(F)c(O)c(F)cc2n1C(=O)c1ccc(Cl)c(Cl)c1. The van der Waals surface area contributed by atoms with Gasteiger partial charge in [0, 0.05) is 28.3 Å². The molecule has 1 aliphatic rings. The third-order valence-corrected chi connectivity index (χ3v) is 7.36. The molecular weight excluding hydrogens is 463 g/mol. The summed E-state index contributed by atoms with van der Waals surface area (Å²) in [6.45, 7) is 2.97. The highest BCUT2D eigenvalue weighted by Crippen LogP contribution is 2.49. The fraction of sp³-hybridized carbons (Fsp3) is 0.304. The Labute approximate surface area is 192 Å². The second-order valence-electron chi connectivity index (χ2n) is 8.28. The van der Waals surface area contributed by atoms with Crippen molar-refractivity contribution in [3.05, 3.63) is 62.8 Å². The van der Waals surface area contributed by atoms with E-state index >= 15 is 4.39 Å². The van der Waals surface area contributed by atoms with E-state index in [4.69, 9.17) is 23.2 Å². The molecule has 0 amide bonds. The lowest BCUT2D eigenvalue weighted by molar-refractivity contribution is -0.146. The minimum atomic E-state index is -1.55. The van der Waals surface area contributed by atoms with Crippen LogP contribution in [0, 0.1) is 24.5 Å². The molecule has 0 bridgehead atoms. The van der Waals surface area contributed by atoms with Crippen molar-refractivity contribution in [3.63, 3.8) is 0 Å². The summed E-state index contributed by atoms with van der Waals surface area (Å²) in [5, 5.41) is 20.2. The lowest BCUT2D eigenvalue weighted by Gasteiger charge is -2.40. The number of carbonyl (C=O) groups is 2. The molecule has 0 unspecified atom stereocenters. The van der Waals surface area contributed by atoms with E-state index in [9.17, 15) is 24.2 Å². The first-order valence-electron chi connectivity index (χ1n) is 9.95. The van der Waals surface area contributed by atoms with Crippen LogP contribution in [0.2, 0.25) is 10.0 Å². The molecule has 1 fully saturated rings. The smallest absolute Gasteiger partial charge is 0.314 e. The number of aromatic nitrogens is 1. The first kappa shape index (κ1) is 22.6. The summed E-state index contributed by atoms with van der Waals surface area (Å²) in [5.41, 5.74) is -1.43. The van der Waals surface area contributed by atoms with E-state index in [0.29, 0.717) is 12.8 Å². The van der Waals surface area contributed by atoms with Gasteiger partial charge in [0.25, 0.3) is 5.91 Å². The molecule has 3 aromatic rings. The highest BCUT2D eigenvalue weighted by atomic mass is 35.5. The maximum atomic E-state index is 15.2. The number of hydrogen-bond donors (Lipinski definition) is 2. The molecule has 0 radical (unpaired) electrons. The second kappa shape index (κ2) is 7.74. The van der Waals surface area contributed by atoms with Crippen LogP contribution in [-0.4, -0.2) is 26.7 Å². The fourth-order valence-electron chi connectivity index (χ4n) is 4.61. The van der Waals surface area contributed by atoms with E-state index in [1.54, 1.807) is 0 Å². The Morgan fingerprint density at radius 3 is 2.34 bits per heavy atom. The predicted octanol–water partition coefficient (Wildman–Crippen LogP) is 6.07. The van der Waals surface area contributed by atoms with Crippen LogP contribution < -0.4 is 0 Å². The van der Waals surface area contributed by atoms with Gasteiger partial charge in [-0.2, -0.15) is 0 Å². The Morgan fingerprint density at radius 1 is 1.16 bits per heavy atom. The molecule has 5 nitrogen and oxygen atoms in total. The number of aliphatic carboxylic acids is 1. The van der Waals surface area contributed by atoms with E-state index in [-0.39, 0.29) is 43.7 Å². The summed E-state index contributed by atoms with van der Waals surface area (Å²) in [7, 11) is 0. The van der Waals surface area contributed by atoms with Gasteiger partial charge in [0.15, 0.2) is 17.4 Å². The van der Waals surface area contributed by atoms with E-state index in [1.807, 2.05) is 0 Å². The molecule has 1 saturated carbocycles. The third kappa shape index (κ3) is 3.10. The van der Waals surface area contributed by atoms with Gasteiger partial charge in [0.1, 0.15) is 0 Å². The number of carboxylic acid groups (broad SMARTS) is 1. The molecule has 9 heteroatoms. The summed E-state index contributed by atoms with van der Waals surface area (Å²) in [4.78, 5) is 25.9. The van der Waals surface area contributed by atoms with Crippen LogP contribution in [0.5, 0.6) is 5.75 Å². The Hall–Kier alpha value is -2.64. The third-order valence-electron chi connectivity index (χ3n) is 6.62. The van der Waals surface area contributed by atoms with Crippen LogP contribution in [0.4, 0.5) is 8.78 Å². The lowest BCUT2D eigenvalue weighted by Crippen LogP contribution is -2.44. The zero-order valence-electron chi connectivity index (χ0n) is 17.2. The predicted molar refractivity (Wildman–Crippen MR) is 117 cm³/mol. The average Bonchev–Trinajstić information content (AvgIpc) is 2.98. The standard InChI is InChI=1S/C23H19Cl2F2NO4/c1-10-18(23(2,22(31)32)12-4-3-5-12)17-16(9-15(26)20(29)19(17)27)28(10)21(30)11-6-7-13(24)14(25)8-11/h6-9,12,29H,3-5H2,1-2H3,(H,31,32)/t23-/m1/s1. The highest BCUT2D eigenvalue weighted by Gasteiger charge is 2.49. The maximum absolute atomic E-state index is 15.2. The number of carbonyl (C=O) groups excluding carboxylic acids is 1. The summed E-state index contributed by atoms with van der Waals surface area (Å²) in [5.74, 6) is -5.94. The number of hydrogen-bond acceptors (Lipinski definition) is 3. The topological polar surface area (TPSA) is 79.5 Å². The molecule has 2 aromatic carbocycles. The Balaban J connectivity index is 2.09. The van der Waals surface area contributed by atoms with Gasteiger partial charge >= 0.3 is 5.97 Å². The van der Waals surface area contributed by atoms with Gasteiger partial charge in [-0.05, 0) is 50.8 Å². The largest absolute Gasteiger partial charge is 0.503 e. The number of phenolic OH excluding ortho intramolecular Hbond substituents is 1. The number of aromatic hydroxyl groups is 1. The summed E-state index contributed by atoms with van der Waals surface area (Å²) < 4.78 is 30.6. The van der Waals surface area contributed by atoms with Crippen molar-refractivity contribution in [1.82, 2.24) is 4.57 Å². The second-order valence-corrected chi connectivity index (χ2v) is 9.09. The molecule has 0 saturated heterocycles. The van der Waals surface area contributed by atoms with Crippen molar-refractivity contribution in [2.24, 2.45) is 5.92 Å². The van der Waals surface area contributed by atoms with Crippen molar-refractivity contribution in [2.75, 3.05) is 0 Å². The van der Waals surface area contributed by atoms with Gasteiger partial charge in [-0.15, -0.1) is 0 Å². The van der Waals surface area contributed by atoms with Crippen molar-refractivity contribution in [1.29, 1.82) is 0 Å². The molecule has 0 spiro atoms. The summed E-state index contributed by atoms with van der Waals surface area (Å²) in [6.07, 6.45) is 2.06. The molecule has 0 aliphatic heterocycles. The lowest BCUT2D eigenvalue weighted by atomic mass is 9.62. The van der Waals surface area contributed by atoms with Gasteiger partial charge in [0.05, 0.1) is 21.0 Å². The minimum Gasteiger partial charge on any atom is -0.503 e. The van der Waals surface area contributed by atoms with Crippen molar-refractivity contribution >= 4 is 46.0 Å². The monoisotopic (exact) mass is 481 g/mol. The van der Waals surface area contributed by atoms with Crippen LogP contribution in [0.1, 0.15) is 47.8 Å². The molecule has 1 atom stereocenters. The van der Waals surface area contributed by atoms with Crippen LogP contribution in [0.25, 0.3) is 10.9 Å². The molecule has 1 heterocycles. The maximum Gasteiger partial charge on any atom is 0.314 e. The van der Waals surface area contributed by atoms with Crippen molar-refractivity contribution in [3.8, 4) is 5.75 Å². The summed E-state index contributed by atoms with van der Waals surface area (Å²) in [6, 6.07) is 4.99. The van der Waals surface area contributed by atoms with E-state index in [1.165, 1.54) is 32.0 Å². The van der Waals surface area contributed by atoms with Crippen molar-refractivity contribution < 1.29 is 28.6 Å². The molecule has 2 N–H and O–H groups in total. The Morgan fingerprint density at radius 2 is 1.81 bits per heavy atom. The van der Waals surface area contributed by atoms with Gasteiger partial charge in [0.2, 0.25) is 0 Å². The number of fused-ring (bicyclic) bond motifs is 1. The normalized spacial score (nSPS) is 16.1. The molecule has 1 aliphatic carbocycles. The van der Waals surface area contributed by atoms with Crippen molar-refractivity contribution in [2.45, 2.75) is 38.5 Å². The zero-order chi connectivity index (χ0) is 23.5. The van der Waals surface area contributed by atoms with E-state index in [2.05, 4.69) is 0 Å². The van der Waals surface area contributed by atoms with Gasteiger partial charge in [-0.25, -0.2) is 8.78 Å². The molecule has 1 aromatic heterocycles. The van der Waals surface area contributed by atoms with Crippen LogP contribution in [-0.2, 0) is 10.2 Å². The quantitative estimate of drug-likeness (QED) is 0.473. The fourth-order valence-corrected chi connectivity index (χ4v) is 4.91. The van der Waals surface area contributed by atoms with Gasteiger partial charge < -0.3 is 10.2 Å². The van der Waals surface area contributed by atoms with Crippen LogP contribution in [0.3, 0.4) is 0 Å². The number of carboxylic acids is 1. The summed E-state index contributed by atoms with van der Waals surface area (Å²) >= 11 is 12.0. The molecular formula is C23H19Cl2F2NO4. The van der Waals surface area contributed by atoms with Crippen LogP contribution >= 0.6 is 23.2 Å². The molecule has 168 valence electrons.